The summed E-state index contributed by atoms with van der Waals surface area (Å²) < 4.78 is 11.4. The van der Waals surface area contributed by atoms with E-state index in [1.54, 1.807) is 4.90 Å². The van der Waals surface area contributed by atoms with Gasteiger partial charge < -0.3 is 14.4 Å². The van der Waals surface area contributed by atoms with E-state index in [2.05, 4.69) is 5.10 Å². The summed E-state index contributed by atoms with van der Waals surface area (Å²) in [7, 11) is 0. The van der Waals surface area contributed by atoms with E-state index in [1.807, 2.05) is 31.2 Å². The van der Waals surface area contributed by atoms with Crippen molar-refractivity contribution in [1.29, 1.82) is 0 Å². The molecule has 0 aliphatic carbocycles. The number of benzene rings is 1. The molecule has 4 rings (SSSR count). The van der Waals surface area contributed by atoms with Crippen molar-refractivity contribution in [3.8, 4) is 0 Å². The van der Waals surface area contributed by atoms with Gasteiger partial charge in [0, 0.05) is 38.8 Å². The van der Waals surface area contributed by atoms with Crippen LogP contribution in [0.5, 0.6) is 0 Å². The summed E-state index contributed by atoms with van der Waals surface area (Å²) in [6.45, 7) is 4.39. The zero-order valence-electron chi connectivity index (χ0n) is 14.9. The zero-order valence-corrected chi connectivity index (χ0v) is 14.9. The van der Waals surface area contributed by atoms with E-state index in [-0.39, 0.29) is 11.8 Å². The van der Waals surface area contributed by atoms with Crippen LogP contribution in [0.2, 0.25) is 0 Å². The lowest BCUT2D eigenvalue weighted by molar-refractivity contribution is -0.186. The normalized spacial score (nSPS) is 22.7. The maximum Gasteiger partial charge on any atom is 0.270 e. The quantitative estimate of drug-likeness (QED) is 0.810. The second kappa shape index (κ2) is 6.81. The number of piperidine rings is 1. The molecule has 7 heteroatoms. The average molecular weight is 357 g/mol. The standard InChI is InChI=1S/C19H23N3O4/c1-14-2-4-15(5-3-14)22-17(23)7-6-16(20-22)18(24)21-10-8-19(9-11-21)25-12-13-26-19/h2-5H,6-13H2,1H3. The fourth-order valence-electron chi connectivity index (χ4n) is 3.61. The van der Waals surface area contributed by atoms with E-state index in [1.165, 1.54) is 5.01 Å². The Labute approximate surface area is 152 Å². The summed E-state index contributed by atoms with van der Waals surface area (Å²) in [4.78, 5) is 26.9. The molecule has 138 valence electrons. The van der Waals surface area contributed by atoms with Gasteiger partial charge >= 0.3 is 0 Å². The number of aryl methyl sites for hydroxylation is 1. The van der Waals surface area contributed by atoms with Crippen LogP contribution in [0.1, 0.15) is 31.2 Å². The van der Waals surface area contributed by atoms with E-state index in [4.69, 9.17) is 9.47 Å². The Hall–Kier alpha value is -2.25. The molecule has 3 aliphatic heterocycles. The topological polar surface area (TPSA) is 71.4 Å². The fraction of sp³-hybridized carbons (Fsp3) is 0.526. The highest BCUT2D eigenvalue weighted by Crippen LogP contribution is 2.31. The predicted molar refractivity (Wildman–Crippen MR) is 95.8 cm³/mol. The van der Waals surface area contributed by atoms with Gasteiger partial charge in [0.05, 0.1) is 18.9 Å². The van der Waals surface area contributed by atoms with Crippen LogP contribution in [-0.2, 0) is 19.1 Å². The van der Waals surface area contributed by atoms with Crippen molar-refractivity contribution in [1.82, 2.24) is 4.90 Å². The molecule has 3 heterocycles. The lowest BCUT2D eigenvalue weighted by atomic mass is 10.0. The maximum absolute atomic E-state index is 12.9. The highest BCUT2D eigenvalue weighted by atomic mass is 16.7. The number of hydrazone groups is 1. The van der Waals surface area contributed by atoms with Gasteiger partial charge in [-0.05, 0) is 19.1 Å². The first-order chi connectivity index (χ1) is 12.6. The van der Waals surface area contributed by atoms with Gasteiger partial charge in [0.25, 0.3) is 5.91 Å². The minimum absolute atomic E-state index is 0.0873. The third kappa shape index (κ3) is 3.24. The molecule has 1 spiro atoms. The van der Waals surface area contributed by atoms with E-state index in [0.29, 0.717) is 63.4 Å². The number of hydrogen-bond donors (Lipinski definition) is 0. The van der Waals surface area contributed by atoms with Crippen molar-refractivity contribution >= 4 is 23.2 Å². The van der Waals surface area contributed by atoms with Gasteiger partial charge in [-0.25, -0.2) is 5.01 Å². The Bertz CT molecular complexity index is 728. The summed E-state index contributed by atoms with van der Waals surface area (Å²) in [6.07, 6.45) is 2.02. The Kier molecular flexibility index (Phi) is 4.50. The van der Waals surface area contributed by atoms with Gasteiger partial charge in [0.2, 0.25) is 5.91 Å². The molecule has 0 atom stereocenters. The monoisotopic (exact) mass is 357 g/mol. The molecule has 0 aromatic heterocycles. The molecule has 0 radical (unpaired) electrons. The minimum Gasteiger partial charge on any atom is -0.347 e. The zero-order chi connectivity index (χ0) is 18.1. The lowest BCUT2D eigenvalue weighted by Crippen LogP contribution is -2.50. The molecule has 1 aromatic carbocycles. The Morgan fingerprint density at radius 2 is 1.73 bits per heavy atom. The first-order valence-corrected chi connectivity index (χ1v) is 9.11. The van der Waals surface area contributed by atoms with Crippen molar-refractivity contribution in [2.45, 2.75) is 38.4 Å². The van der Waals surface area contributed by atoms with E-state index >= 15 is 0 Å². The second-order valence-corrected chi connectivity index (χ2v) is 6.99. The lowest BCUT2D eigenvalue weighted by Gasteiger charge is -2.38. The molecule has 0 bridgehead atoms. The number of anilines is 1. The number of nitrogens with zero attached hydrogens (tertiary/aromatic N) is 3. The molecule has 3 aliphatic rings. The van der Waals surface area contributed by atoms with Crippen LogP contribution in [0.15, 0.2) is 29.4 Å². The van der Waals surface area contributed by atoms with Crippen LogP contribution in [-0.4, -0.2) is 54.5 Å². The number of rotatable bonds is 2. The number of carbonyl (C=O) groups excluding carboxylic acids is 2. The summed E-state index contributed by atoms with van der Waals surface area (Å²) in [5.41, 5.74) is 2.24. The molecular weight excluding hydrogens is 334 g/mol. The highest BCUT2D eigenvalue weighted by molar-refractivity contribution is 6.40. The molecule has 7 nitrogen and oxygen atoms in total. The molecule has 0 unspecified atom stereocenters. The summed E-state index contributed by atoms with van der Waals surface area (Å²) >= 11 is 0. The second-order valence-electron chi connectivity index (χ2n) is 6.99. The first-order valence-electron chi connectivity index (χ1n) is 9.11. The molecule has 2 amide bonds. The average Bonchev–Trinajstić information content (AvgIpc) is 3.11. The number of amides is 2. The molecule has 0 saturated carbocycles. The minimum atomic E-state index is -0.505. The van der Waals surface area contributed by atoms with Crippen molar-refractivity contribution in [3.63, 3.8) is 0 Å². The Morgan fingerprint density at radius 1 is 1.08 bits per heavy atom. The summed E-state index contributed by atoms with van der Waals surface area (Å²) in [5, 5.41) is 5.73. The van der Waals surface area contributed by atoms with Gasteiger partial charge in [-0.15, -0.1) is 0 Å². The maximum atomic E-state index is 12.9. The number of likely N-dealkylation sites (tertiary alicyclic amines) is 1. The number of carbonyl (C=O) groups is 2. The third-order valence-corrected chi connectivity index (χ3v) is 5.18. The van der Waals surface area contributed by atoms with E-state index in [9.17, 15) is 9.59 Å². The largest absolute Gasteiger partial charge is 0.347 e. The molecule has 26 heavy (non-hydrogen) atoms. The van der Waals surface area contributed by atoms with Gasteiger partial charge in [-0.3, -0.25) is 9.59 Å². The van der Waals surface area contributed by atoms with Crippen LogP contribution >= 0.6 is 0 Å². The van der Waals surface area contributed by atoms with Crippen molar-refractivity contribution in [3.05, 3.63) is 29.8 Å². The highest BCUT2D eigenvalue weighted by Gasteiger charge is 2.41. The van der Waals surface area contributed by atoms with Crippen molar-refractivity contribution in [2.75, 3.05) is 31.3 Å². The molecule has 2 fully saturated rings. The van der Waals surface area contributed by atoms with Crippen LogP contribution < -0.4 is 5.01 Å². The van der Waals surface area contributed by atoms with Gasteiger partial charge in [0.1, 0.15) is 5.71 Å². The SMILES string of the molecule is Cc1ccc(N2N=C(C(=O)N3CCC4(CC3)OCCO4)CCC2=O)cc1. The first kappa shape index (κ1) is 17.2. The van der Waals surface area contributed by atoms with E-state index in [0.717, 1.165) is 5.56 Å². The van der Waals surface area contributed by atoms with Gasteiger partial charge in [0.15, 0.2) is 5.79 Å². The van der Waals surface area contributed by atoms with Crippen LogP contribution in [0.3, 0.4) is 0 Å². The van der Waals surface area contributed by atoms with Crippen LogP contribution in [0.4, 0.5) is 5.69 Å². The van der Waals surface area contributed by atoms with Crippen LogP contribution in [0.25, 0.3) is 0 Å². The van der Waals surface area contributed by atoms with Crippen molar-refractivity contribution < 1.29 is 19.1 Å². The number of ether oxygens (including phenoxy) is 2. The predicted octanol–water partition coefficient (Wildman–Crippen LogP) is 1.84. The third-order valence-electron chi connectivity index (χ3n) is 5.18. The summed E-state index contributed by atoms with van der Waals surface area (Å²) in [6, 6.07) is 7.56. The van der Waals surface area contributed by atoms with Gasteiger partial charge in [-0.2, -0.15) is 5.10 Å². The van der Waals surface area contributed by atoms with Gasteiger partial charge in [-0.1, -0.05) is 17.7 Å². The summed E-state index contributed by atoms with van der Waals surface area (Å²) in [5.74, 6) is -0.687. The molecular formula is C19H23N3O4. The molecule has 1 aromatic rings. The van der Waals surface area contributed by atoms with E-state index < -0.39 is 5.79 Å². The Balaban J connectivity index is 1.47. The smallest absolute Gasteiger partial charge is 0.270 e. The molecule has 0 N–H and O–H groups in total. The number of hydrogen-bond acceptors (Lipinski definition) is 5. The molecule has 2 saturated heterocycles. The Morgan fingerprint density at radius 3 is 2.38 bits per heavy atom. The fourth-order valence-corrected chi connectivity index (χ4v) is 3.61. The van der Waals surface area contributed by atoms with Crippen molar-refractivity contribution in [2.24, 2.45) is 5.10 Å². The van der Waals surface area contributed by atoms with Crippen LogP contribution in [0, 0.1) is 6.92 Å².